The second-order valence-electron chi connectivity index (χ2n) is 4.16. The summed E-state index contributed by atoms with van der Waals surface area (Å²) in [7, 11) is 1.71. The van der Waals surface area contributed by atoms with E-state index in [9.17, 15) is 0 Å². The lowest BCUT2D eigenvalue weighted by Crippen LogP contribution is -1.99. The standard InChI is InChI=1S/C12H19NO/c1-8(2)10-7-13-11(9(3)4)6-12(10)14-5/h6-9H,1-5H3. The Morgan fingerprint density at radius 3 is 2.21 bits per heavy atom. The molecule has 78 valence electrons. The number of aromatic nitrogens is 1. The van der Waals surface area contributed by atoms with Crippen LogP contribution in [0.5, 0.6) is 5.75 Å². The normalized spacial score (nSPS) is 11.1. The summed E-state index contributed by atoms with van der Waals surface area (Å²) in [6, 6.07) is 2.04. The molecule has 0 aromatic carbocycles. The highest BCUT2D eigenvalue weighted by molar-refractivity contribution is 5.36. The smallest absolute Gasteiger partial charge is 0.125 e. The van der Waals surface area contributed by atoms with Gasteiger partial charge in [0.15, 0.2) is 0 Å². The van der Waals surface area contributed by atoms with E-state index in [1.165, 1.54) is 5.56 Å². The summed E-state index contributed by atoms with van der Waals surface area (Å²) in [4.78, 5) is 4.43. The predicted molar refractivity (Wildman–Crippen MR) is 59.0 cm³/mol. The summed E-state index contributed by atoms with van der Waals surface area (Å²) in [5, 5.41) is 0. The zero-order valence-corrected chi connectivity index (χ0v) is 9.66. The first-order valence-corrected chi connectivity index (χ1v) is 5.10. The van der Waals surface area contributed by atoms with Crippen molar-refractivity contribution >= 4 is 0 Å². The lowest BCUT2D eigenvalue weighted by atomic mass is 10.0. The predicted octanol–water partition coefficient (Wildman–Crippen LogP) is 3.34. The van der Waals surface area contributed by atoms with E-state index in [1.54, 1.807) is 7.11 Å². The molecule has 0 saturated heterocycles. The van der Waals surface area contributed by atoms with Crippen LogP contribution in [-0.2, 0) is 0 Å². The van der Waals surface area contributed by atoms with Crippen LogP contribution >= 0.6 is 0 Å². The van der Waals surface area contributed by atoms with Crippen molar-refractivity contribution in [2.24, 2.45) is 0 Å². The van der Waals surface area contributed by atoms with Crippen LogP contribution in [0.4, 0.5) is 0 Å². The third-order valence-corrected chi connectivity index (χ3v) is 2.35. The van der Waals surface area contributed by atoms with E-state index in [0.717, 1.165) is 11.4 Å². The number of ether oxygens (including phenoxy) is 1. The fraction of sp³-hybridized carbons (Fsp3) is 0.583. The number of hydrogen-bond donors (Lipinski definition) is 0. The van der Waals surface area contributed by atoms with Crippen LogP contribution in [-0.4, -0.2) is 12.1 Å². The van der Waals surface area contributed by atoms with E-state index < -0.39 is 0 Å². The SMILES string of the molecule is COc1cc(C(C)C)ncc1C(C)C. The van der Waals surface area contributed by atoms with Crippen molar-refractivity contribution < 1.29 is 4.74 Å². The molecule has 14 heavy (non-hydrogen) atoms. The maximum atomic E-state index is 5.36. The van der Waals surface area contributed by atoms with Crippen LogP contribution < -0.4 is 4.74 Å². The van der Waals surface area contributed by atoms with Crippen LogP contribution in [0.25, 0.3) is 0 Å². The number of hydrogen-bond acceptors (Lipinski definition) is 2. The number of rotatable bonds is 3. The van der Waals surface area contributed by atoms with Gasteiger partial charge in [0.1, 0.15) is 5.75 Å². The molecule has 1 aromatic heterocycles. The molecule has 0 saturated carbocycles. The average Bonchev–Trinajstić information content (AvgIpc) is 2.16. The maximum Gasteiger partial charge on any atom is 0.125 e. The van der Waals surface area contributed by atoms with Gasteiger partial charge >= 0.3 is 0 Å². The Bertz CT molecular complexity index is 305. The monoisotopic (exact) mass is 193 g/mol. The largest absolute Gasteiger partial charge is 0.496 e. The lowest BCUT2D eigenvalue weighted by Gasteiger charge is -2.13. The number of methoxy groups -OCH3 is 1. The van der Waals surface area contributed by atoms with E-state index in [0.29, 0.717) is 11.8 Å². The minimum atomic E-state index is 0.449. The van der Waals surface area contributed by atoms with Gasteiger partial charge in [0.05, 0.1) is 7.11 Å². The van der Waals surface area contributed by atoms with Gasteiger partial charge in [-0.05, 0) is 11.8 Å². The molecule has 0 N–H and O–H groups in total. The van der Waals surface area contributed by atoms with Gasteiger partial charge in [-0.3, -0.25) is 4.98 Å². The van der Waals surface area contributed by atoms with Gasteiger partial charge in [-0.1, -0.05) is 27.7 Å². The van der Waals surface area contributed by atoms with Gasteiger partial charge < -0.3 is 4.74 Å². The fourth-order valence-electron chi connectivity index (χ4n) is 1.39. The Morgan fingerprint density at radius 1 is 1.14 bits per heavy atom. The zero-order chi connectivity index (χ0) is 10.7. The Kier molecular flexibility index (Phi) is 3.50. The summed E-state index contributed by atoms with van der Waals surface area (Å²) in [5.41, 5.74) is 2.27. The third-order valence-electron chi connectivity index (χ3n) is 2.35. The molecule has 0 aliphatic heterocycles. The molecular weight excluding hydrogens is 174 g/mol. The van der Waals surface area contributed by atoms with Crippen LogP contribution in [0.3, 0.4) is 0 Å². The highest BCUT2D eigenvalue weighted by Crippen LogP contribution is 2.27. The van der Waals surface area contributed by atoms with E-state index in [4.69, 9.17) is 4.74 Å². The summed E-state index contributed by atoms with van der Waals surface area (Å²) in [5.74, 6) is 1.86. The van der Waals surface area contributed by atoms with Gasteiger partial charge in [-0.2, -0.15) is 0 Å². The quantitative estimate of drug-likeness (QED) is 0.734. The Hall–Kier alpha value is -1.05. The van der Waals surface area contributed by atoms with Gasteiger partial charge in [0.2, 0.25) is 0 Å². The molecule has 0 fully saturated rings. The van der Waals surface area contributed by atoms with E-state index >= 15 is 0 Å². The summed E-state index contributed by atoms with van der Waals surface area (Å²) in [6.45, 7) is 8.57. The fourth-order valence-corrected chi connectivity index (χ4v) is 1.39. The molecule has 0 amide bonds. The van der Waals surface area contributed by atoms with Crippen LogP contribution in [0, 0.1) is 0 Å². The van der Waals surface area contributed by atoms with Crippen molar-refractivity contribution in [1.82, 2.24) is 4.98 Å². The molecular formula is C12H19NO. The molecule has 0 bridgehead atoms. The molecule has 0 aliphatic rings. The summed E-state index contributed by atoms with van der Waals surface area (Å²) >= 11 is 0. The van der Waals surface area contributed by atoms with Crippen molar-refractivity contribution in [3.63, 3.8) is 0 Å². The first kappa shape index (κ1) is 11.0. The van der Waals surface area contributed by atoms with E-state index in [2.05, 4.69) is 32.7 Å². The average molecular weight is 193 g/mol. The molecule has 1 rings (SSSR count). The minimum absolute atomic E-state index is 0.449. The van der Waals surface area contributed by atoms with Gasteiger partial charge in [-0.25, -0.2) is 0 Å². The second-order valence-corrected chi connectivity index (χ2v) is 4.16. The van der Waals surface area contributed by atoms with Crippen molar-refractivity contribution in [2.45, 2.75) is 39.5 Å². The van der Waals surface area contributed by atoms with Gasteiger partial charge in [-0.15, -0.1) is 0 Å². The molecule has 0 aliphatic carbocycles. The van der Waals surface area contributed by atoms with E-state index in [1.807, 2.05) is 12.3 Å². The summed E-state index contributed by atoms with van der Waals surface area (Å²) < 4.78 is 5.36. The lowest BCUT2D eigenvalue weighted by molar-refractivity contribution is 0.405. The minimum Gasteiger partial charge on any atom is -0.496 e. The Labute approximate surface area is 86.3 Å². The maximum absolute atomic E-state index is 5.36. The van der Waals surface area contributed by atoms with Crippen LogP contribution in [0.2, 0.25) is 0 Å². The molecule has 0 unspecified atom stereocenters. The van der Waals surface area contributed by atoms with Gasteiger partial charge in [0.25, 0.3) is 0 Å². The van der Waals surface area contributed by atoms with Crippen molar-refractivity contribution in [1.29, 1.82) is 0 Å². The van der Waals surface area contributed by atoms with Crippen molar-refractivity contribution in [3.8, 4) is 5.75 Å². The van der Waals surface area contributed by atoms with Crippen molar-refractivity contribution in [3.05, 3.63) is 23.5 Å². The van der Waals surface area contributed by atoms with Crippen molar-refractivity contribution in [2.75, 3.05) is 7.11 Å². The Balaban J connectivity index is 3.11. The second kappa shape index (κ2) is 4.45. The molecule has 2 heteroatoms. The molecule has 1 aromatic rings. The topological polar surface area (TPSA) is 22.1 Å². The third kappa shape index (κ3) is 2.25. The molecule has 0 radical (unpaired) electrons. The highest BCUT2D eigenvalue weighted by Gasteiger charge is 2.10. The number of pyridine rings is 1. The molecule has 0 atom stereocenters. The first-order chi connectivity index (χ1) is 6.56. The zero-order valence-electron chi connectivity index (χ0n) is 9.66. The molecule has 1 heterocycles. The van der Waals surface area contributed by atoms with Crippen LogP contribution in [0.15, 0.2) is 12.3 Å². The highest BCUT2D eigenvalue weighted by atomic mass is 16.5. The Morgan fingerprint density at radius 2 is 1.79 bits per heavy atom. The molecule has 0 spiro atoms. The number of nitrogens with zero attached hydrogens (tertiary/aromatic N) is 1. The van der Waals surface area contributed by atoms with E-state index in [-0.39, 0.29) is 0 Å². The summed E-state index contributed by atoms with van der Waals surface area (Å²) in [6.07, 6.45) is 1.93. The molecule has 2 nitrogen and oxygen atoms in total. The van der Waals surface area contributed by atoms with Crippen LogP contribution in [0.1, 0.15) is 50.8 Å². The van der Waals surface area contributed by atoms with Gasteiger partial charge in [0, 0.05) is 23.5 Å². The first-order valence-electron chi connectivity index (χ1n) is 5.10.